The van der Waals surface area contributed by atoms with Gasteiger partial charge in [-0.3, -0.25) is 5.21 Å². The van der Waals surface area contributed by atoms with Crippen LogP contribution in [-0.4, -0.2) is 22.3 Å². The molecule has 0 bridgehead atoms. The third kappa shape index (κ3) is 2.37. The zero-order valence-corrected chi connectivity index (χ0v) is 5.96. The zero-order chi connectivity index (χ0) is 8.15. The highest BCUT2D eigenvalue weighted by Gasteiger charge is 2.10. The molecule has 0 aromatic rings. The number of carbonyl (C=O) groups is 1. The molecule has 2 amide bonds. The lowest BCUT2D eigenvalue weighted by molar-refractivity contribution is -0.0536. The van der Waals surface area contributed by atoms with Crippen LogP contribution in [0.25, 0.3) is 0 Å². The molecule has 0 heterocycles. The molecule has 0 aliphatic heterocycles. The Kier molecular flexibility index (Phi) is 3.29. The molecular formula is C6H10N2O2. The summed E-state index contributed by atoms with van der Waals surface area (Å²) < 4.78 is 0. The standard InChI is InChI=1S/C6H10N2O2/c1-3-4-5(2)8(10)6(7)9/h5,10H,1-2H3,(H2,7,9)/t5-/m0/s1. The van der Waals surface area contributed by atoms with Gasteiger partial charge in [-0.05, 0) is 13.8 Å². The van der Waals surface area contributed by atoms with Gasteiger partial charge < -0.3 is 5.73 Å². The maximum absolute atomic E-state index is 10.2. The van der Waals surface area contributed by atoms with Crippen LogP contribution in [0.1, 0.15) is 13.8 Å². The summed E-state index contributed by atoms with van der Waals surface area (Å²) in [5.41, 5.74) is 4.74. The summed E-state index contributed by atoms with van der Waals surface area (Å²) in [4.78, 5) is 10.2. The molecule has 0 fully saturated rings. The Morgan fingerprint density at radius 3 is 2.60 bits per heavy atom. The first-order valence-corrected chi connectivity index (χ1v) is 2.79. The van der Waals surface area contributed by atoms with E-state index in [-0.39, 0.29) is 0 Å². The first-order chi connectivity index (χ1) is 4.59. The number of hydroxylamine groups is 2. The molecule has 0 unspecified atom stereocenters. The topological polar surface area (TPSA) is 66.6 Å². The van der Waals surface area contributed by atoms with E-state index in [1.165, 1.54) is 0 Å². The fraction of sp³-hybridized carbons (Fsp3) is 0.500. The van der Waals surface area contributed by atoms with Gasteiger partial charge in [-0.15, -0.1) is 5.92 Å². The third-order valence-corrected chi connectivity index (χ3v) is 0.946. The van der Waals surface area contributed by atoms with Gasteiger partial charge in [0, 0.05) is 0 Å². The van der Waals surface area contributed by atoms with Crippen molar-refractivity contribution in [3.63, 3.8) is 0 Å². The van der Waals surface area contributed by atoms with E-state index in [9.17, 15) is 4.79 Å². The number of nitrogens with two attached hydrogens (primary N) is 1. The summed E-state index contributed by atoms with van der Waals surface area (Å²) in [6.45, 7) is 3.19. The molecule has 0 aromatic carbocycles. The molecule has 0 radical (unpaired) electrons. The van der Waals surface area contributed by atoms with E-state index in [1.807, 2.05) is 0 Å². The van der Waals surface area contributed by atoms with Crippen LogP contribution in [0.2, 0.25) is 0 Å². The monoisotopic (exact) mass is 142 g/mol. The second kappa shape index (κ2) is 3.75. The summed E-state index contributed by atoms with van der Waals surface area (Å²) >= 11 is 0. The van der Waals surface area contributed by atoms with E-state index in [1.54, 1.807) is 13.8 Å². The number of amides is 2. The molecule has 3 N–H and O–H groups in total. The lowest BCUT2D eigenvalue weighted by Crippen LogP contribution is -2.38. The highest BCUT2D eigenvalue weighted by molar-refractivity contribution is 5.71. The molecular weight excluding hydrogens is 132 g/mol. The van der Waals surface area contributed by atoms with Crippen LogP contribution in [0, 0.1) is 11.8 Å². The molecule has 56 valence electrons. The Morgan fingerprint density at radius 2 is 2.30 bits per heavy atom. The minimum absolute atomic E-state index is 0.385. The minimum atomic E-state index is -0.893. The molecule has 1 atom stereocenters. The molecule has 0 aliphatic carbocycles. The van der Waals surface area contributed by atoms with Gasteiger partial charge in [0.15, 0.2) is 0 Å². The zero-order valence-electron chi connectivity index (χ0n) is 5.96. The predicted molar refractivity (Wildman–Crippen MR) is 36.1 cm³/mol. The molecule has 0 saturated heterocycles. The summed E-state index contributed by atoms with van der Waals surface area (Å²) in [5.74, 6) is 5.10. The molecule has 0 rings (SSSR count). The first-order valence-electron chi connectivity index (χ1n) is 2.79. The molecule has 10 heavy (non-hydrogen) atoms. The summed E-state index contributed by atoms with van der Waals surface area (Å²) in [6.07, 6.45) is 0. The second-order valence-electron chi connectivity index (χ2n) is 1.75. The number of hydrogen-bond donors (Lipinski definition) is 2. The molecule has 4 heteroatoms. The van der Waals surface area contributed by atoms with Gasteiger partial charge in [-0.2, -0.15) is 5.06 Å². The van der Waals surface area contributed by atoms with E-state index < -0.39 is 12.1 Å². The Hall–Kier alpha value is -1.21. The van der Waals surface area contributed by atoms with Gasteiger partial charge >= 0.3 is 6.03 Å². The van der Waals surface area contributed by atoms with Crippen molar-refractivity contribution in [2.75, 3.05) is 0 Å². The van der Waals surface area contributed by atoms with E-state index in [0.717, 1.165) is 0 Å². The smallest absolute Gasteiger partial charge is 0.339 e. The number of nitrogens with zero attached hydrogens (tertiary/aromatic N) is 1. The third-order valence-electron chi connectivity index (χ3n) is 0.946. The average molecular weight is 142 g/mol. The van der Waals surface area contributed by atoms with Gasteiger partial charge in [-0.1, -0.05) is 5.92 Å². The Balaban J connectivity index is 4.02. The highest BCUT2D eigenvalue weighted by atomic mass is 16.5. The van der Waals surface area contributed by atoms with E-state index >= 15 is 0 Å². The average Bonchev–Trinajstić information content (AvgIpc) is 1.87. The number of primary amides is 1. The minimum Gasteiger partial charge on any atom is -0.350 e. The summed E-state index contributed by atoms with van der Waals surface area (Å²) in [6, 6.07) is -1.43. The predicted octanol–water partition coefficient (Wildman–Crippen LogP) is 0.168. The van der Waals surface area contributed by atoms with Crippen molar-refractivity contribution in [1.29, 1.82) is 0 Å². The number of urea groups is 1. The Labute approximate surface area is 59.6 Å². The SMILES string of the molecule is CC#C[C@H](C)N(O)C(N)=O. The molecule has 4 nitrogen and oxygen atoms in total. The van der Waals surface area contributed by atoms with E-state index in [2.05, 4.69) is 11.8 Å². The number of hydrogen-bond acceptors (Lipinski definition) is 2. The molecule has 0 aliphatic rings. The van der Waals surface area contributed by atoms with Crippen molar-refractivity contribution in [1.82, 2.24) is 5.06 Å². The van der Waals surface area contributed by atoms with Crippen molar-refractivity contribution < 1.29 is 10.0 Å². The largest absolute Gasteiger partial charge is 0.350 e. The quantitative estimate of drug-likeness (QED) is 0.311. The Morgan fingerprint density at radius 1 is 1.80 bits per heavy atom. The first kappa shape index (κ1) is 8.79. The molecule has 0 aromatic heterocycles. The van der Waals surface area contributed by atoms with Crippen LogP contribution in [0.15, 0.2) is 0 Å². The van der Waals surface area contributed by atoms with Gasteiger partial charge in [0.2, 0.25) is 0 Å². The van der Waals surface area contributed by atoms with Crippen molar-refractivity contribution in [2.45, 2.75) is 19.9 Å². The summed E-state index contributed by atoms with van der Waals surface area (Å²) in [7, 11) is 0. The van der Waals surface area contributed by atoms with Crippen LogP contribution in [0.3, 0.4) is 0 Å². The van der Waals surface area contributed by atoms with Crippen molar-refractivity contribution in [3.8, 4) is 11.8 Å². The van der Waals surface area contributed by atoms with Crippen LogP contribution >= 0.6 is 0 Å². The lowest BCUT2D eigenvalue weighted by Gasteiger charge is -2.14. The lowest BCUT2D eigenvalue weighted by atomic mass is 10.3. The normalized spacial score (nSPS) is 11.1. The number of carbonyl (C=O) groups excluding carboxylic acids is 1. The maximum Gasteiger partial charge on any atom is 0.339 e. The summed E-state index contributed by atoms with van der Waals surface area (Å²) in [5, 5.41) is 9.17. The molecule has 0 saturated carbocycles. The fourth-order valence-electron chi connectivity index (χ4n) is 0.461. The fourth-order valence-corrected chi connectivity index (χ4v) is 0.461. The van der Waals surface area contributed by atoms with Crippen molar-refractivity contribution >= 4 is 6.03 Å². The van der Waals surface area contributed by atoms with Gasteiger partial charge in [-0.25, -0.2) is 4.79 Å². The van der Waals surface area contributed by atoms with Gasteiger partial charge in [0.25, 0.3) is 0 Å². The van der Waals surface area contributed by atoms with Crippen molar-refractivity contribution in [3.05, 3.63) is 0 Å². The van der Waals surface area contributed by atoms with Gasteiger partial charge in [0.1, 0.15) is 6.04 Å². The maximum atomic E-state index is 10.2. The highest BCUT2D eigenvalue weighted by Crippen LogP contribution is 1.90. The Bertz CT molecular complexity index is 180. The molecule has 0 spiro atoms. The van der Waals surface area contributed by atoms with Gasteiger partial charge in [0.05, 0.1) is 0 Å². The van der Waals surface area contributed by atoms with Crippen LogP contribution < -0.4 is 5.73 Å². The van der Waals surface area contributed by atoms with Crippen LogP contribution in [0.5, 0.6) is 0 Å². The van der Waals surface area contributed by atoms with Crippen LogP contribution in [0.4, 0.5) is 4.79 Å². The van der Waals surface area contributed by atoms with Crippen LogP contribution in [-0.2, 0) is 0 Å². The van der Waals surface area contributed by atoms with E-state index in [4.69, 9.17) is 10.9 Å². The van der Waals surface area contributed by atoms with E-state index in [0.29, 0.717) is 5.06 Å². The van der Waals surface area contributed by atoms with Crippen molar-refractivity contribution in [2.24, 2.45) is 5.73 Å². The number of rotatable bonds is 1. The second-order valence-corrected chi connectivity index (χ2v) is 1.75.